The average molecular weight is 290 g/mol. The van der Waals surface area contributed by atoms with E-state index < -0.39 is 27.3 Å². The van der Waals surface area contributed by atoms with Crippen molar-refractivity contribution in [3.63, 3.8) is 0 Å². The quantitative estimate of drug-likeness (QED) is 0.944. The van der Waals surface area contributed by atoms with Gasteiger partial charge in [-0.3, -0.25) is 0 Å². The molecule has 0 aliphatic carbocycles. The van der Waals surface area contributed by atoms with E-state index in [1.54, 1.807) is 0 Å². The predicted octanol–water partition coefficient (Wildman–Crippen LogP) is 2.40. The second kappa shape index (κ2) is 4.69. The first-order valence-electron chi connectivity index (χ1n) is 5.18. The first-order chi connectivity index (χ1) is 8.81. The van der Waals surface area contributed by atoms with Gasteiger partial charge in [0.05, 0.1) is 11.3 Å². The van der Waals surface area contributed by atoms with Crippen molar-refractivity contribution in [2.24, 2.45) is 0 Å². The summed E-state index contributed by atoms with van der Waals surface area (Å²) in [6.07, 6.45) is -2.07. The van der Waals surface area contributed by atoms with Crippen LogP contribution in [0.15, 0.2) is 41.8 Å². The molecule has 1 heterocycles. The predicted molar refractivity (Wildman–Crippen MR) is 60.9 cm³/mol. The molecule has 1 aromatic heterocycles. The summed E-state index contributed by atoms with van der Waals surface area (Å²) in [5.74, 6) is -0.754. The van der Waals surface area contributed by atoms with Crippen molar-refractivity contribution in [2.75, 3.05) is 0 Å². The van der Waals surface area contributed by atoms with E-state index in [2.05, 4.69) is 9.97 Å². The number of H-pyrrole nitrogens is 1. The molecule has 0 unspecified atom stereocenters. The van der Waals surface area contributed by atoms with E-state index in [4.69, 9.17) is 0 Å². The van der Waals surface area contributed by atoms with Crippen LogP contribution >= 0.6 is 0 Å². The molecule has 0 saturated carbocycles. The number of alkyl halides is 3. The summed E-state index contributed by atoms with van der Waals surface area (Å²) >= 11 is 0. The van der Waals surface area contributed by atoms with Gasteiger partial charge in [-0.15, -0.1) is 0 Å². The van der Waals surface area contributed by atoms with E-state index in [9.17, 15) is 21.6 Å². The van der Waals surface area contributed by atoms with Crippen LogP contribution in [0.3, 0.4) is 0 Å². The van der Waals surface area contributed by atoms with Gasteiger partial charge in [0.1, 0.15) is 0 Å². The lowest BCUT2D eigenvalue weighted by Gasteiger charge is -2.12. The average Bonchev–Trinajstić information content (AvgIpc) is 2.81. The Morgan fingerprint density at radius 2 is 1.89 bits per heavy atom. The summed E-state index contributed by atoms with van der Waals surface area (Å²) in [7, 11) is -3.92. The highest BCUT2D eigenvalue weighted by atomic mass is 32.2. The Kier molecular flexibility index (Phi) is 3.36. The van der Waals surface area contributed by atoms with Gasteiger partial charge in [0.15, 0.2) is 0 Å². The summed E-state index contributed by atoms with van der Waals surface area (Å²) in [5.41, 5.74) is -1.25. The molecule has 4 nitrogen and oxygen atoms in total. The van der Waals surface area contributed by atoms with Gasteiger partial charge in [-0.1, -0.05) is 18.2 Å². The van der Waals surface area contributed by atoms with Crippen molar-refractivity contribution in [3.8, 4) is 0 Å². The lowest BCUT2D eigenvalue weighted by Crippen LogP contribution is -2.13. The minimum atomic E-state index is -4.59. The summed E-state index contributed by atoms with van der Waals surface area (Å²) in [6.45, 7) is 0. The molecule has 0 amide bonds. The van der Waals surface area contributed by atoms with Crippen LogP contribution in [0.5, 0.6) is 0 Å². The van der Waals surface area contributed by atoms with Crippen LogP contribution in [0.2, 0.25) is 0 Å². The lowest BCUT2D eigenvalue weighted by atomic mass is 10.1. The van der Waals surface area contributed by atoms with E-state index in [1.165, 1.54) is 24.5 Å². The molecule has 19 heavy (non-hydrogen) atoms. The van der Waals surface area contributed by atoms with Gasteiger partial charge in [-0.2, -0.15) is 13.2 Å². The molecule has 2 aromatic rings. The van der Waals surface area contributed by atoms with Crippen LogP contribution in [-0.2, 0) is 21.8 Å². The van der Waals surface area contributed by atoms with Gasteiger partial charge in [-0.25, -0.2) is 13.4 Å². The topological polar surface area (TPSA) is 62.8 Å². The number of hydrogen-bond acceptors (Lipinski definition) is 3. The Bertz CT molecular complexity index is 663. The molecule has 0 fully saturated rings. The first kappa shape index (κ1) is 13.6. The molecular weight excluding hydrogens is 281 g/mol. The highest BCUT2D eigenvalue weighted by Gasteiger charge is 2.34. The number of halogens is 3. The molecular formula is C11H9F3N2O2S. The Hall–Kier alpha value is -1.83. The molecule has 8 heteroatoms. The maximum atomic E-state index is 12.7. The highest BCUT2D eigenvalue weighted by molar-refractivity contribution is 7.90. The van der Waals surface area contributed by atoms with Crippen molar-refractivity contribution in [1.29, 1.82) is 0 Å². The first-order valence-corrected chi connectivity index (χ1v) is 6.83. The third kappa shape index (κ3) is 2.95. The third-order valence-corrected chi connectivity index (χ3v) is 3.94. The second-order valence-electron chi connectivity index (χ2n) is 3.81. The van der Waals surface area contributed by atoms with Crippen molar-refractivity contribution >= 4 is 9.84 Å². The monoisotopic (exact) mass is 290 g/mol. The maximum Gasteiger partial charge on any atom is 0.416 e. The fourth-order valence-electron chi connectivity index (χ4n) is 1.62. The van der Waals surface area contributed by atoms with Gasteiger partial charge >= 0.3 is 6.18 Å². The number of aromatic nitrogens is 2. The van der Waals surface area contributed by atoms with E-state index in [-0.39, 0.29) is 10.7 Å². The Morgan fingerprint density at radius 3 is 2.47 bits per heavy atom. The highest BCUT2D eigenvalue weighted by Crippen LogP contribution is 2.33. The Balaban J connectivity index is 2.40. The van der Waals surface area contributed by atoms with Crippen LogP contribution in [0.4, 0.5) is 13.2 Å². The molecule has 0 radical (unpaired) electrons. The molecule has 1 aromatic carbocycles. The minimum absolute atomic E-state index is 0.300. The SMILES string of the molecule is O=S(=O)(Cc1ccccc1C(F)(F)F)c1ncc[nH]1. The fraction of sp³-hybridized carbons (Fsp3) is 0.182. The van der Waals surface area contributed by atoms with Gasteiger partial charge in [-0.05, 0) is 11.6 Å². The summed E-state index contributed by atoms with van der Waals surface area (Å²) < 4.78 is 62.0. The van der Waals surface area contributed by atoms with Gasteiger partial charge < -0.3 is 4.98 Å². The molecule has 0 saturated heterocycles. The van der Waals surface area contributed by atoms with Crippen molar-refractivity contribution in [3.05, 3.63) is 47.8 Å². The van der Waals surface area contributed by atoms with Crippen molar-refractivity contribution in [1.82, 2.24) is 9.97 Å². The number of imidazole rings is 1. The molecule has 0 bridgehead atoms. The zero-order valence-electron chi connectivity index (χ0n) is 9.48. The summed E-state index contributed by atoms with van der Waals surface area (Å²) in [6, 6.07) is 4.57. The van der Waals surface area contributed by atoms with E-state index in [0.29, 0.717) is 0 Å². The second-order valence-corrected chi connectivity index (χ2v) is 5.71. The Labute approximate surface area is 107 Å². The van der Waals surface area contributed by atoms with Crippen LogP contribution in [0, 0.1) is 0 Å². The zero-order valence-corrected chi connectivity index (χ0v) is 10.3. The van der Waals surface area contributed by atoms with E-state index >= 15 is 0 Å². The van der Waals surface area contributed by atoms with Crippen LogP contribution in [-0.4, -0.2) is 18.4 Å². The molecule has 0 aliphatic rings. The number of benzene rings is 1. The van der Waals surface area contributed by atoms with E-state index in [0.717, 1.165) is 12.1 Å². The molecule has 102 valence electrons. The van der Waals surface area contributed by atoms with Gasteiger partial charge in [0, 0.05) is 12.4 Å². The number of nitrogens with one attached hydrogen (secondary N) is 1. The zero-order chi connectivity index (χ0) is 14.1. The number of sulfone groups is 1. The van der Waals surface area contributed by atoms with Crippen molar-refractivity contribution < 1.29 is 21.6 Å². The standard InChI is InChI=1S/C11H9F3N2O2S/c12-11(13,14)9-4-2-1-3-8(9)7-19(17,18)10-15-5-6-16-10/h1-6H,7H2,(H,15,16). The number of rotatable bonds is 3. The third-order valence-electron chi connectivity index (χ3n) is 2.44. The van der Waals surface area contributed by atoms with Crippen LogP contribution < -0.4 is 0 Å². The van der Waals surface area contributed by atoms with Crippen LogP contribution in [0.25, 0.3) is 0 Å². The summed E-state index contributed by atoms with van der Waals surface area (Å²) in [5, 5.41) is -0.343. The lowest BCUT2D eigenvalue weighted by molar-refractivity contribution is -0.138. The number of nitrogens with zero attached hydrogens (tertiary/aromatic N) is 1. The number of hydrogen-bond donors (Lipinski definition) is 1. The van der Waals surface area contributed by atoms with Crippen LogP contribution in [0.1, 0.15) is 11.1 Å². The molecule has 0 atom stereocenters. The van der Waals surface area contributed by atoms with Gasteiger partial charge in [0.2, 0.25) is 15.0 Å². The molecule has 0 aliphatic heterocycles. The largest absolute Gasteiger partial charge is 0.416 e. The normalized spacial score (nSPS) is 12.6. The molecule has 1 N–H and O–H groups in total. The fourth-order valence-corrected chi connectivity index (χ4v) is 2.88. The Morgan fingerprint density at radius 1 is 1.21 bits per heavy atom. The van der Waals surface area contributed by atoms with E-state index in [1.807, 2.05) is 0 Å². The molecule has 2 rings (SSSR count). The van der Waals surface area contributed by atoms with Crippen molar-refractivity contribution in [2.45, 2.75) is 17.1 Å². The minimum Gasteiger partial charge on any atom is -0.336 e. The van der Waals surface area contributed by atoms with Gasteiger partial charge in [0.25, 0.3) is 0 Å². The smallest absolute Gasteiger partial charge is 0.336 e. The summed E-state index contributed by atoms with van der Waals surface area (Å²) in [4.78, 5) is 5.93. The number of aromatic amines is 1. The molecule has 0 spiro atoms. The maximum absolute atomic E-state index is 12.7.